The van der Waals surface area contributed by atoms with Gasteiger partial charge < -0.3 is 9.90 Å². The van der Waals surface area contributed by atoms with Crippen molar-refractivity contribution in [1.82, 2.24) is 0 Å². The summed E-state index contributed by atoms with van der Waals surface area (Å²) < 4.78 is 0. The summed E-state index contributed by atoms with van der Waals surface area (Å²) in [6, 6.07) is 0. The van der Waals surface area contributed by atoms with E-state index in [2.05, 4.69) is 48.1 Å². The van der Waals surface area contributed by atoms with E-state index in [4.69, 9.17) is 0 Å². The summed E-state index contributed by atoms with van der Waals surface area (Å²) in [4.78, 5) is 25.5. The van der Waals surface area contributed by atoms with E-state index in [-0.39, 0.29) is 27.6 Å². The Balaban J connectivity index is 1.57. The van der Waals surface area contributed by atoms with Crippen molar-refractivity contribution in [3.63, 3.8) is 0 Å². The number of carboxylic acid groups (broad SMARTS) is 1. The maximum Gasteiger partial charge on any atom is 0.138 e. The molecule has 0 N–H and O–H groups in total. The average molecular weight is 454 g/mol. The molecular weight excluding hydrogens is 408 g/mol. The third-order valence-electron chi connectivity index (χ3n) is 13.2. The first-order valence-corrected chi connectivity index (χ1v) is 13.7. The Bertz CT molecular complexity index is 902. The minimum absolute atomic E-state index is 0.136. The number of allylic oxidation sites excluding steroid dienone is 1. The highest BCUT2D eigenvalue weighted by atomic mass is 16.4. The molecule has 0 radical (unpaired) electrons. The fourth-order valence-corrected chi connectivity index (χ4v) is 11.3. The van der Waals surface area contributed by atoms with Crippen molar-refractivity contribution in [2.45, 2.75) is 106 Å². The number of hydrogen-bond acceptors (Lipinski definition) is 3. The molecule has 5 aliphatic rings. The lowest BCUT2D eigenvalue weighted by molar-refractivity contribution is -0.329. The van der Waals surface area contributed by atoms with Crippen molar-refractivity contribution in [3.8, 4) is 0 Å². The Morgan fingerprint density at radius 3 is 2.21 bits per heavy atom. The Labute approximate surface area is 201 Å². The number of aliphatic carboxylic acids is 1. The van der Waals surface area contributed by atoms with E-state index < -0.39 is 11.4 Å². The zero-order valence-corrected chi connectivity index (χ0v) is 21.9. The standard InChI is InChI=1S/C30H46O3/c1-18(2)19-10-15-30(25(32)33)17-16-28(6)20(24(19)30)8-9-22-27(5)13-12-23(31)26(3,4)21(27)11-14-29(22,28)7/h19-22,24H,1,8-17H2,2-7H3,(H,32,33)/p-1/t19-,20?,21?,22?,24?,27-,28+,29+,30?/m0/s1. The van der Waals surface area contributed by atoms with Crippen molar-refractivity contribution in [2.75, 3.05) is 0 Å². The SMILES string of the molecule is C=C(C)[C@@H]1CCC2(C(=O)[O-])CC[C@]3(C)C(CCC4[C@@]5(C)CCC(=O)C(C)(C)C5CC[C@]43C)C12. The quantitative estimate of drug-likeness (QED) is 0.485. The van der Waals surface area contributed by atoms with Crippen molar-refractivity contribution >= 4 is 11.8 Å². The molecule has 5 saturated carbocycles. The number of Topliss-reactive ketones (excluding diaryl/α,β-unsaturated/α-hetero) is 1. The number of hydrogen-bond donors (Lipinski definition) is 0. The molecule has 0 aliphatic heterocycles. The van der Waals surface area contributed by atoms with Crippen LogP contribution in [0.4, 0.5) is 0 Å². The van der Waals surface area contributed by atoms with Crippen LogP contribution in [-0.2, 0) is 9.59 Å². The third-order valence-corrected chi connectivity index (χ3v) is 13.2. The highest BCUT2D eigenvalue weighted by Gasteiger charge is 2.71. The van der Waals surface area contributed by atoms with Gasteiger partial charge >= 0.3 is 0 Å². The maximum atomic E-state index is 12.9. The lowest BCUT2D eigenvalue weighted by atomic mass is 9.32. The summed E-state index contributed by atoms with van der Waals surface area (Å²) in [6.45, 7) is 18.4. The van der Waals surface area contributed by atoms with Crippen molar-refractivity contribution in [3.05, 3.63) is 12.2 Å². The van der Waals surface area contributed by atoms with Crippen LogP contribution in [-0.4, -0.2) is 11.8 Å². The molecule has 0 spiro atoms. The van der Waals surface area contributed by atoms with Crippen LogP contribution < -0.4 is 5.11 Å². The highest BCUT2D eigenvalue weighted by Crippen LogP contribution is 2.77. The number of ketones is 1. The molecule has 0 bridgehead atoms. The molecule has 0 aromatic heterocycles. The summed E-state index contributed by atoms with van der Waals surface area (Å²) in [7, 11) is 0. The monoisotopic (exact) mass is 453 g/mol. The molecule has 3 nitrogen and oxygen atoms in total. The molecule has 0 aromatic rings. The van der Waals surface area contributed by atoms with Crippen LogP contribution in [0, 0.1) is 56.7 Å². The van der Waals surface area contributed by atoms with Crippen LogP contribution in [0.5, 0.6) is 0 Å². The second-order valence-corrected chi connectivity index (χ2v) is 14.3. The van der Waals surface area contributed by atoms with E-state index in [0.717, 1.165) is 51.4 Å². The summed E-state index contributed by atoms with van der Waals surface area (Å²) in [5.74, 6) is 1.64. The molecule has 5 rings (SSSR count). The van der Waals surface area contributed by atoms with Crippen molar-refractivity contribution < 1.29 is 14.7 Å². The summed E-state index contributed by atoms with van der Waals surface area (Å²) in [6.07, 6.45) is 9.84. The zero-order chi connectivity index (χ0) is 24.2. The van der Waals surface area contributed by atoms with Crippen LogP contribution in [0.3, 0.4) is 0 Å². The molecule has 5 unspecified atom stereocenters. The number of carboxylic acids is 1. The maximum absolute atomic E-state index is 12.9. The van der Waals surface area contributed by atoms with Gasteiger partial charge in [0.25, 0.3) is 0 Å². The summed E-state index contributed by atoms with van der Waals surface area (Å²) in [5, 5.41) is 12.6. The van der Waals surface area contributed by atoms with Gasteiger partial charge in [0.15, 0.2) is 0 Å². The van der Waals surface area contributed by atoms with Gasteiger partial charge in [0, 0.05) is 23.2 Å². The van der Waals surface area contributed by atoms with Gasteiger partial charge in [-0.3, -0.25) is 4.79 Å². The topological polar surface area (TPSA) is 57.2 Å². The normalized spacial score (nSPS) is 52.8. The minimum Gasteiger partial charge on any atom is -0.550 e. The second-order valence-electron chi connectivity index (χ2n) is 14.3. The Hall–Kier alpha value is -1.12. The van der Waals surface area contributed by atoms with E-state index in [1.807, 2.05) is 0 Å². The molecule has 5 aliphatic carbocycles. The zero-order valence-electron chi connectivity index (χ0n) is 21.9. The predicted molar refractivity (Wildman–Crippen MR) is 129 cm³/mol. The number of rotatable bonds is 2. The molecule has 0 aromatic carbocycles. The first-order chi connectivity index (χ1) is 15.3. The van der Waals surface area contributed by atoms with E-state index in [9.17, 15) is 14.7 Å². The van der Waals surface area contributed by atoms with Gasteiger partial charge in [-0.05, 0) is 111 Å². The molecule has 0 amide bonds. The first kappa shape index (κ1) is 23.6. The van der Waals surface area contributed by atoms with Crippen LogP contribution in [0.1, 0.15) is 106 Å². The lowest BCUT2D eigenvalue weighted by Gasteiger charge is -2.72. The molecule has 184 valence electrons. The highest BCUT2D eigenvalue weighted by molar-refractivity contribution is 5.85. The van der Waals surface area contributed by atoms with Crippen molar-refractivity contribution in [2.24, 2.45) is 56.7 Å². The van der Waals surface area contributed by atoms with E-state index in [1.165, 1.54) is 18.4 Å². The van der Waals surface area contributed by atoms with Gasteiger partial charge in [-0.2, -0.15) is 0 Å². The van der Waals surface area contributed by atoms with Crippen molar-refractivity contribution in [1.29, 1.82) is 0 Å². The largest absolute Gasteiger partial charge is 0.550 e. The predicted octanol–water partition coefficient (Wildman–Crippen LogP) is 5.96. The minimum atomic E-state index is -0.797. The lowest BCUT2D eigenvalue weighted by Crippen LogP contribution is -2.67. The molecule has 0 heterocycles. The molecule has 3 heteroatoms. The van der Waals surface area contributed by atoms with Gasteiger partial charge in [-0.15, -0.1) is 0 Å². The Morgan fingerprint density at radius 2 is 1.58 bits per heavy atom. The second kappa shape index (κ2) is 6.97. The first-order valence-electron chi connectivity index (χ1n) is 13.7. The summed E-state index contributed by atoms with van der Waals surface area (Å²) in [5.41, 5.74) is 0.819. The fourth-order valence-electron chi connectivity index (χ4n) is 11.3. The van der Waals surface area contributed by atoms with Crippen LogP contribution in [0.15, 0.2) is 12.2 Å². The van der Waals surface area contributed by atoms with Gasteiger partial charge in [-0.1, -0.05) is 46.8 Å². The molecular formula is C30H45O3-. The van der Waals surface area contributed by atoms with Gasteiger partial charge in [-0.25, -0.2) is 0 Å². The smallest absolute Gasteiger partial charge is 0.138 e. The van der Waals surface area contributed by atoms with Gasteiger partial charge in [0.2, 0.25) is 0 Å². The fraction of sp³-hybridized carbons (Fsp3) is 0.867. The number of carbonyl (C=O) groups excluding carboxylic acids is 2. The number of fused-ring (bicyclic) bond motifs is 7. The van der Waals surface area contributed by atoms with E-state index >= 15 is 0 Å². The molecule has 0 saturated heterocycles. The summed E-state index contributed by atoms with van der Waals surface area (Å²) >= 11 is 0. The number of carbonyl (C=O) groups is 2. The van der Waals surface area contributed by atoms with E-state index in [1.54, 1.807) is 0 Å². The molecule has 33 heavy (non-hydrogen) atoms. The average Bonchev–Trinajstić information content (AvgIpc) is 3.13. The molecule has 9 atom stereocenters. The Morgan fingerprint density at radius 1 is 0.879 bits per heavy atom. The Kier molecular flexibility index (Phi) is 4.99. The third kappa shape index (κ3) is 2.69. The van der Waals surface area contributed by atoms with Crippen LogP contribution in [0.25, 0.3) is 0 Å². The van der Waals surface area contributed by atoms with Crippen LogP contribution >= 0.6 is 0 Å². The molecule has 5 fully saturated rings. The van der Waals surface area contributed by atoms with E-state index in [0.29, 0.717) is 29.5 Å². The van der Waals surface area contributed by atoms with Crippen LogP contribution in [0.2, 0.25) is 0 Å². The van der Waals surface area contributed by atoms with Gasteiger partial charge in [0.1, 0.15) is 5.78 Å². The van der Waals surface area contributed by atoms with Gasteiger partial charge in [0.05, 0.1) is 0 Å².